The molecule has 1 fully saturated rings. The van der Waals surface area contributed by atoms with E-state index < -0.39 is 0 Å². The molecule has 0 saturated carbocycles. The van der Waals surface area contributed by atoms with E-state index >= 15 is 0 Å². The molecule has 3 heterocycles. The van der Waals surface area contributed by atoms with Crippen LogP contribution in [0.5, 0.6) is 11.5 Å². The smallest absolute Gasteiger partial charge is 0.174 e. The lowest BCUT2D eigenvalue weighted by Crippen LogP contribution is -2.30. The summed E-state index contributed by atoms with van der Waals surface area (Å²) in [6.07, 6.45) is 3.89. The predicted molar refractivity (Wildman–Crippen MR) is 161 cm³/mol. The number of anilines is 1. The van der Waals surface area contributed by atoms with Crippen molar-refractivity contribution in [2.45, 2.75) is 25.9 Å². The van der Waals surface area contributed by atoms with Crippen molar-refractivity contribution in [3.05, 3.63) is 137 Å². The summed E-state index contributed by atoms with van der Waals surface area (Å²) in [6.45, 7) is 4.06. The molecule has 0 aliphatic carbocycles. The number of hydrogen-bond acceptors (Lipinski definition) is 3. The number of hydrogen-bond donors (Lipinski definition) is 1. The third-order valence-corrected chi connectivity index (χ3v) is 7.78. The van der Waals surface area contributed by atoms with Gasteiger partial charge in [-0.1, -0.05) is 35.9 Å². The number of nitrogens with one attached hydrogen (secondary N) is 1. The summed E-state index contributed by atoms with van der Waals surface area (Å²) in [5.74, 6) is 1.61. The van der Waals surface area contributed by atoms with E-state index in [2.05, 4.69) is 56.3 Å². The zero-order valence-corrected chi connectivity index (χ0v) is 23.2. The molecule has 2 aromatic heterocycles. The van der Waals surface area contributed by atoms with E-state index in [1.54, 1.807) is 0 Å². The standard InChI is InChI=1S/C32H27ClN4OS/c1-21-8-3-4-11-29(21)38-25-15-12-23(13-16-25)37-31(30(35-32(37)39)27-9-5-6-18-34-27)28-10-7-19-36(28)24-14-17-26(33)22(2)20-24/h3-20,30-31H,1-2H3,(H,35,39)/t30-,31+/m1/s1. The summed E-state index contributed by atoms with van der Waals surface area (Å²) in [6, 6.07) is 32.0. The van der Waals surface area contributed by atoms with Gasteiger partial charge in [0.25, 0.3) is 0 Å². The van der Waals surface area contributed by atoms with E-state index in [0.29, 0.717) is 5.11 Å². The van der Waals surface area contributed by atoms with Crippen molar-refractivity contribution >= 4 is 34.6 Å². The van der Waals surface area contributed by atoms with Crippen LogP contribution in [-0.4, -0.2) is 14.7 Å². The Balaban J connectivity index is 1.40. The van der Waals surface area contributed by atoms with Gasteiger partial charge >= 0.3 is 0 Å². The third kappa shape index (κ3) is 4.89. The van der Waals surface area contributed by atoms with Crippen molar-refractivity contribution in [3.8, 4) is 17.2 Å². The average Bonchev–Trinajstić information content (AvgIpc) is 3.57. The number of pyridine rings is 1. The van der Waals surface area contributed by atoms with Crippen LogP contribution in [0, 0.1) is 13.8 Å². The minimum absolute atomic E-state index is 0.149. The van der Waals surface area contributed by atoms with Gasteiger partial charge in [-0.25, -0.2) is 0 Å². The van der Waals surface area contributed by atoms with E-state index in [1.807, 2.05) is 86.8 Å². The number of benzene rings is 3. The molecule has 194 valence electrons. The minimum atomic E-state index is -0.151. The van der Waals surface area contributed by atoms with Crippen molar-refractivity contribution in [2.75, 3.05) is 4.90 Å². The molecule has 2 atom stereocenters. The lowest BCUT2D eigenvalue weighted by molar-refractivity contribution is 0.479. The molecule has 5 aromatic rings. The first-order valence-electron chi connectivity index (χ1n) is 12.8. The number of para-hydroxylation sites is 1. The molecular formula is C32H27ClN4OS. The molecule has 6 rings (SSSR count). The fourth-order valence-corrected chi connectivity index (χ4v) is 5.52. The van der Waals surface area contributed by atoms with Crippen molar-refractivity contribution in [1.82, 2.24) is 14.9 Å². The minimum Gasteiger partial charge on any atom is -0.457 e. The predicted octanol–water partition coefficient (Wildman–Crippen LogP) is 8.11. The summed E-state index contributed by atoms with van der Waals surface area (Å²) in [5.41, 5.74) is 6.12. The Morgan fingerprint density at radius 1 is 0.846 bits per heavy atom. The second-order valence-corrected chi connectivity index (χ2v) is 10.4. The van der Waals surface area contributed by atoms with Crippen LogP contribution in [-0.2, 0) is 0 Å². The Bertz CT molecular complexity index is 1630. The number of ether oxygens (including phenoxy) is 1. The second-order valence-electron chi connectivity index (χ2n) is 9.59. The molecule has 0 radical (unpaired) electrons. The highest BCUT2D eigenvalue weighted by Crippen LogP contribution is 2.43. The molecule has 0 amide bonds. The summed E-state index contributed by atoms with van der Waals surface area (Å²) >= 11 is 12.3. The summed E-state index contributed by atoms with van der Waals surface area (Å²) < 4.78 is 8.35. The first-order valence-corrected chi connectivity index (χ1v) is 13.6. The van der Waals surface area contributed by atoms with Gasteiger partial charge in [0.05, 0.1) is 11.7 Å². The zero-order valence-electron chi connectivity index (χ0n) is 21.6. The number of halogens is 1. The number of thiocarbonyl (C=S) groups is 1. The highest BCUT2D eigenvalue weighted by Gasteiger charge is 2.42. The zero-order chi connectivity index (χ0) is 26.9. The molecule has 7 heteroatoms. The Kier molecular flexibility index (Phi) is 6.81. The van der Waals surface area contributed by atoms with Crippen LogP contribution >= 0.6 is 23.8 Å². The lowest BCUT2D eigenvalue weighted by Gasteiger charge is -2.29. The molecule has 0 unspecified atom stereocenters. The van der Waals surface area contributed by atoms with Crippen molar-refractivity contribution in [3.63, 3.8) is 0 Å². The molecule has 1 saturated heterocycles. The normalized spacial score (nSPS) is 16.8. The van der Waals surface area contributed by atoms with Crippen LogP contribution in [0.1, 0.15) is 34.6 Å². The van der Waals surface area contributed by atoms with Gasteiger partial charge in [-0.2, -0.15) is 0 Å². The van der Waals surface area contributed by atoms with Crippen molar-refractivity contribution in [1.29, 1.82) is 0 Å². The number of aryl methyl sites for hydroxylation is 2. The third-order valence-electron chi connectivity index (χ3n) is 7.04. The Morgan fingerprint density at radius 3 is 2.36 bits per heavy atom. The van der Waals surface area contributed by atoms with Crippen molar-refractivity contribution < 1.29 is 4.74 Å². The Morgan fingerprint density at radius 2 is 1.62 bits per heavy atom. The maximum absolute atomic E-state index is 6.34. The molecule has 1 aliphatic rings. The molecule has 5 nitrogen and oxygen atoms in total. The van der Waals surface area contributed by atoms with Gasteiger partial charge in [0.2, 0.25) is 0 Å². The Labute approximate surface area is 238 Å². The van der Waals surface area contributed by atoms with Crippen LogP contribution in [0.4, 0.5) is 5.69 Å². The molecule has 3 aromatic carbocycles. The van der Waals surface area contributed by atoms with Crippen LogP contribution in [0.25, 0.3) is 5.69 Å². The first-order chi connectivity index (χ1) is 19.0. The largest absolute Gasteiger partial charge is 0.457 e. The summed E-state index contributed by atoms with van der Waals surface area (Å²) in [5, 5.41) is 4.94. The highest BCUT2D eigenvalue weighted by atomic mass is 35.5. The SMILES string of the molecule is Cc1cc(-n2cccc2[C@H]2[C@@H](c3ccccn3)NC(=S)N2c2ccc(Oc3ccccc3C)cc2)ccc1Cl. The maximum atomic E-state index is 6.34. The number of aromatic nitrogens is 2. The lowest BCUT2D eigenvalue weighted by atomic mass is 10.0. The van der Waals surface area contributed by atoms with Crippen LogP contribution in [0.2, 0.25) is 5.02 Å². The van der Waals surface area contributed by atoms with Crippen LogP contribution in [0.15, 0.2) is 109 Å². The first kappa shape index (κ1) is 25.2. The van der Waals surface area contributed by atoms with Gasteiger partial charge in [-0.15, -0.1) is 0 Å². The van der Waals surface area contributed by atoms with Crippen LogP contribution < -0.4 is 15.0 Å². The number of rotatable bonds is 6. The van der Waals surface area contributed by atoms with E-state index in [9.17, 15) is 0 Å². The molecule has 0 spiro atoms. The Hall–Kier alpha value is -4.13. The van der Waals surface area contributed by atoms with Crippen LogP contribution in [0.3, 0.4) is 0 Å². The fraction of sp³-hybridized carbons (Fsp3) is 0.125. The maximum Gasteiger partial charge on any atom is 0.174 e. The molecule has 1 aliphatic heterocycles. The van der Waals surface area contributed by atoms with E-state index in [0.717, 1.165) is 50.4 Å². The quantitative estimate of drug-likeness (QED) is 0.216. The van der Waals surface area contributed by atoms with Gasteiger partial charge < -0.3 is 19.5 Å². The highest BCUT2D eigenvalue weighted by molar-refractivity contribution is 7.80. The van der Waals surface area contributed by atoms with Gasteiger partial charge in [0.1, 0.15) is 17.5 Å². The van der Waals surface area contributed by atoms with E-state index in [1.165, 1.54) is 0 Å². The van der Waals surface area contributed by atoms with Gasteiger partial charge in [0.15, 0.2) is 5.11 Å². The van der Waals surface area contributed by atoms with E-state index in [4.69, 9.17) is 28.6 Å². The van der Waals surface area contributed by atoms with Gasteiger partial charge in [0, 0.05) is 34.5 Å². The average molecular weight is 551 g/mol. The van der Waals surface area contributed by atoms with Gasteiger partial charge in [-0.05, 0) is 110 Å². The fourth-order valence-electron chi connectivity index (χ4n) is 5.06. The molecule has 1 N–H and O–H groups in total. The monoisotopic (exact) mass is 550 g/mol. The molecule has 39 heavy (non-hydrogen) atoms. The molecular weight excluding hydrogens is 524 g/mol. The summed E-state index contributed by atoms with van der Waals surface area (Å²) in [7, 11) is 0. The molecule has 0 bridgehead atoms. The van der Waals surface area contributed by atoms with Crippen molar-refractivity contribution in [2.24, 2.45) is 0 Å². The second kappa shape index (κ2) is 10.6. The number of nitrogens with zero attached hydrogens (tertiary/aromatic N) is 3. The van der Waals surface area contributed by atoms with Gasteiger partial charge in [-0.3, -0.25) is 4.98 Å². The van der Waals surface area contributed by atoms with E-state index in [-0.39, 0.29) is 12.1 Å². The topological polar surface area (TPSA) is 42.3 Å². The summed E-state index contributed by atoms with van der Waals surface area (Å²) in [4.78, 5) is 6.85.